The Bertz CT molecular complexity index is 3430. The predicted octanol–water partition coefficient (Wildman–Crippen LogP) is 12.0. The molecule has 8 aromatic carbocycles. The van der Waals surface area contributed by atoms with Crippen LogP contribution in [0.3, 0.4) is 0 Å². The molecule has 0 unspecified atom stereocenters. The van der Waals surface area contributed by atoms with E-state index >= 15 is 0 Å². The monoisotopic (exact) mass is 618 g/mol. The minimum Gasteiger partial charge on any atom is -0.296 e. The second-order valence-electron chi connectivity index (χ2n) is 11.0. The van der Waals surface area contributed by atoms with Crippen molar-refractivity contribution in [2.75, 3.05) is 0 Å². The number of hydrogen-bond acceptors (Lipinski definition) is 1. The Morgan fingerprint density at radius 3 is 1.85 bits per heavy atom. The molecule has 0 saturated heterocycles. The molecule has 2 nitrogen and oxygen atoms in total. The van der Waals surface area contributed by atoms with Gasteiger partial charge in [-0.05, 0) is 96.0 Å². The van der Waals surface area contributed by atoms with Crippen LogP contribution in [-0.4, -0.2) is 9.55 Å². The molecule has 0 aliphatic carbocycles. The molecular formula is C45H32N2. The molecule has 9 aromatic rings. The highest BCUT2D eigenvalue weighted by Crippen LogP contribution is 2.44. The van der Waals surface area contributed by atoms with Crippen LogP contribution in [0.1, 0.15) is 37.3 Å². The Kier molecular flexibility index (Phi) is 3.46. The van der Waals surface area contributed by atoms with Gasteiger partial charge in [0.2, 0.25) is 0 Å². The quantitative estimate of drug-likeness (QED) is 0.175. The van der Waals surface area contributed by atoms with E-state index in [-0.39, 0.29) is 55.2 Å². The van der Waals surface area contributed by atoms with Crippen LogP contribution in [0.5, 0.6) is 0 Å². The summed E-state index contributed by atoms with van der Waals surface area (Å²) in [5.74, 6) is -0.320. The van der Waals surface area contributed by atoms with Crippen molar-refractivity contribution in [1.82, 2.24) is 9.55 Å². The first kappa shape index (κ1) is 14.6. The third kappa shape index (κ3) is 4.53. The average molecular weight is 619 g/mol. The summed E-state index contributed by atoms with van der Waals surface area (Å²) >= 11 is 0. The lowest BCUT2D eigenvalue weighted by molar-refractivity contribution is 0.909. The topological polar surface area (TPSA) is 17.8 Å². The fraction of sp³-hybridized carbons (Fsp3) is 0.0444. The molecule has 1 heterocycles. The van der Waals surface area contributed by atoms with Crippen LogP contribution in [0.25, 0.3) is 82.4 Å². The lowest BCUT2D eigenvalue weighted by atomic mass is 9.85. The van der Waals surface area contributed by atoms with Crippen molar-refractivity contribution in [3.8, 4) is 39.1 Å². The summed E-state index contributed by atoms with van der Waals surface area (Å²) in [7, 11) is 0. The number of nitrogens with zero attached hydrogens (tertiary/aromatic N) is 2. The van der Waals surface area contributed by atoms with Gasteiger partial charge in [0.15, 0.2) is 0 Å². The van der Waals surface area contributed by atoms with E-state index in [0.29, 0.717) is 33.1 Å². The lowest BCUT2D eigenvalue weighted by Crippen LogP contribution is -2.00. The maximum atomic E-state index is 9.32. The van der Waals surface area contributed by atoms with E-state index < -0.39 is 91.8 Å². The number of rotatable bonds is 5. The molecule has 0 atom stereocenters. The summed E-state index contributed by atoms with van der Waals surface area (Å²) in [6.45, 7) is -3.05. The van der Waals surface area contributed by atoms with Crippen molar-refractivity contribution < 1.29 is 24.7 Å². The Morgan fingerprint density at radius 1 is 0.574 bits per heavy atom. The number of fused-ring (bicyclic) bond motifs is 4. The zero-order chi connectivity index (χ0) is 46.9. The summed E-state index contributed by atoms with van der Waals surface area (Å²) in [6.07, 6.45) is -2.84. The van der Waals surface area contributed by atoms with Crippen molar-refractivity contribution in [3.05, 3.63) is 169 Å². The van der Waals surface area contributed by atoms with Gasteiger partial charge in [-0.2, -0.15) is 0 Å². The van der Waals surface area contributed by atoms with Gasteiger partial charge in [-0.3, -0.25) is 4.57 Å². The summed E-state index contributed by atoms with van der Waals surface area (Å²) in [6, 6.07) is 16.2. The van der Waals surface area contributed by atoms with Crippen molar-refractivity contribution in [2.45, 2.75) is 13.2 Å². The number of imidazole rings is 1. The predicted molar refractivity (Wildman–Crippen MR) is 199 cm³/mol. The summed E-state index contributed by atoms with van der Waals surface area (Å²) in [5, 5.41) is 1.02. The van der Waals surface area contributed by atoms with Crippen molar-refractivity contribution in [3.63, 3.8) is 0 Å². The molecule has 0 amide bonds. The van der Waals surface area contributed by atoms with E-state index in [1.165, 1.54) is 28.8 Å². The molecule has 47 heavy (non-hydrogen) atoms. The Hall–Kier alpha value is -5.99. The van der Waals surface area contributed by atoms with Crippen molar-refractivity contribution in [2.24, 2.45) is 0 Å². The molecule has 0 radical (unpaired) electrons. The minimum atomic E-state index is -3.05. The second-order valence-corrected chi connectivity index (χ2v) is 11.0. The molecule has 1 aromatic heterocycles. The molecule has 0 spiro atoms. The van der Waals surface area contributed by atoms with E-state index in [2.05, 4.69) is 4.98 Å². The number of aryl methyl sites for hydroxylation is 1. The third-order valence-corrected chi connectivity index (χ3v) is 8.38. The SMILES string of the molecule is [2H]c1c([2H])c([2H])c(-c2ccc(-c3c4c([2H])c([2H])c([2H])c([2H])c4c(-c4ccc5cc(-n6c(C([2H])([2H])C([2H])([2H])[2H])nc7ccccc76)ccc5c4)c4c([2H])c([2H])c([2H])c([2H])c34)cc2)c([2H])c1[2H]. The van der Waals surface area contributed by atoms with Gasteiger partial charge in [-0.25, -0.2) is 4.98 Å². The third-order valence-electron chi connectivity index (χ3n) is 8.38. The van der Waals surface area contributed by atoms with E-state index in [0.717, 1.165) is 0 Å². The molecule has 0 saturated carbocycles. The van der Waals surface area contributed by atoms with Crippen LogP contribution >= 0.6 is 0 Å². The first-order chi connectivity index (χ1) is 30.6. The Morgan fingerprint density at radius 2 is 1.15 bits per heavy atom. The van der Waals surface area contributed by atoms with Gasteiger partial charge in [0, 0.05) is 18.9 Å². The van der Waals surface area contributed by atoms with Crippen LogP contribution < -0.4 is 0 Å². The van der Waals surface area contributed by atoms with Gasteiger partial charge >= 0.3 is 0 Å². The van der Waals surface area contributed by atoms with Crippen LogP contribution in [0.2, 0.25) is 0 Å². The van der Waals surface area contributed by atoms with Crippen LogP contribution in [0.15, 0.2) is 163 Å². The largest absolute Gasteiger partial charge is 0.296 e. The summed E-state index contributed by atoms with van der Waals surface area (Å²) in [5.41, 5.74) is 2.20. The molecule has 9 rings (SSSR count). The van der Waals surface area contributed by atoms with Gasteiger partial charge in [0.1, 0.15) is 5.82 Å². The van der Waals surface area contributed by atoms with Crippen LogP contribution in [0, 0.1) is 0 Å². The Balaban J connectivity index is 1.33. The maximum Gasteiger partial charge on any atom is 0.114 e. The number of para-hydroxylation sites is 2. The standard InChI is InChI=1S/C45H32N2/c1-2-43-46-41-18-10-11-19-42(41)47(43)36-27-26-33-28-35(25-24-34(33)29-36)45-39-16-8-6-14-37(39)44(38-15-7-9-17-40(38)45)32-22-20-31(21-23-32)30-12-4-3-5-13-30/h3-29H,2H2,1H3/i1D3,2D2,3D,4D,5D,6D,7D,8D,9D,12D,13D,14D,15D,16D,17D. The zero-order valence-corrected chi connectivity index (χ0v) is 24.5. The van der Waals surface area contributed by atoms with E-state index in [1.807, 2.05) is 0 Å². The first-order valence-corrected chi connectivity index (χ1v) is 14.7. The first-order valence-electron chi connectivity index (χ1n) is 23.7. The number of benzene rings is 8. The summed E-state index contributed by atoms with van der Waals surface area (Å²) < 4.78 is 156. The number of aromatic nitrogens is 2. The van der Waals surface area contributed by atoms with Crippen LogP contribution in [-0.2, 0) is 6.37 Å². The van der Waals surface area contributed by atoms with Gasteiger partial charge in [0.05, 0.1) is 28.9 Å². The molecule has 0 fully saturated rings. The van der Waals surface area contributed by atoms with Crippen molar-refractivity contribution in [1.29, 1.82) is 0 Å². The normalized spacial score (nSPS) is 17.6. The molecule has 0 N–H and O–H groups in total. The van der Waals surface area contributed by atoms with E-state index in [1.54, 1.807) is 60.7 Å². The highest BCUT2D eigenvalue weighted by molar-refractivity contribution is 6.21. The molecule has 0 bridgehead atoms. The van der Waals surface area contributed by atoms with Crippen LogP contribution in [0.4, 0.5) is 0 Å². The van der Waals surface area contributed by atoms with Gasteiger partial charge in [-0.15, -0.1) is 0 Å². The smallest absolute Gasteiger partial charge is 0.114 e. The van der Waals surface area contributed by atoms with Gasteiger partial charge < -0.3 is 0 Å². The zero-order valence-electron chi connectivity index (χ0n) is 42.5. The molecular weight excluding hydrogens is 569 g/mol. The van der Waals surface area contributed by atoms with Gasteiger partial charge in [0.25, 0.3) is 0 Å². The average Bonchev–Trinajstić information content (AvgIpc) is 3.69. The second kappa shape index (κ2) is 11.1. The molecule has 222 valence electrons. The fourth-order valence-electron chi connectivity index (χ4n) is 6.30. The number of hydrogen-bond donors (Lipinski definition) is 0. The fourth-order valence-corrected chi connectivity index (χ4v) is 6.30. The van der Waals surface area contributed by atoms with E-state index in [4.69, 9.17) is 19.2 Å². The minimum absolute atomic E-state index is 0.0318. The molecule has 0 aliphatic heterocycles. The van der Waals surface area contributed by atoms with E-state index in [9.17, 15) is 5.48 Å². The molecule has 0 aliphatic rings. The maximum absolute atomic E-state index is 9.32. The highest BCUT2D eigenvalue weighted by atomic mass is 15.1. The highest BCUT2D eigenvalue weighted by Gasteiger charge is 2.17. The lowest BCUT2D eigenvalue weighted by Gasteiger charge is -2.18. The molecule has 2 heteroatoms. The summed E-state index contributed by atoms with van der Waals surface area (Å²) in [4.78, 5) is 4.41. The Labute approximate surface area is 299 Å². The van der Waals surface area contributed by atoms with Crippen molar-refractivity contribution >= 4 is 43.4 Å². The van der Waals surface area contributed by atoms with Gasteiger partial charge in [-0.1, -0.05) is 140 Å².